The summed E-state index contributed by atoms with van der Waals surface area (Å²) in [5, 5.41) is 18.9. The maximum atomic E-state index is 12.6. The molecule has 0 aromatic carbocycles. The van der Waals surface area contributed by atoms with Gasteiger partial charge in [0.2, 0.25) is 17.6 Å². The van der Waals surface area contributed by atoms with Crippen LogP contribution in [0.1, 0.15) is 46.0 Å². The summed E-state index contributed by atoms with van der Waals surface area (Å²) < 4.78 is 0. The van der Waals surface area contributed by atoms with Crippen LogP contribution in [0, 0.1) is 11.8 Å². The number of ketones is 1. The SMILES string of the molecule is CC(C)CC(NC(=O)O)C(=O)NC(CC1CCNC1=O)C(=O)C(=O)NC1CC1. The van der Waals surface area contributed by atoms with Crippen molar-refractivity contribution >= 4 is 29.6 Å². The third-order valence-electron chi connectivity index (χ3n) is 4.77. The van der Waals surface area contributed by atoms with E-state index in [-0.39, 0.29) is 30.7 Å². The zero-order chi connectivity index (χ0) is 20.8. The Morgan fingerprint density at radius 1 is 1.11 bits per heavy atom. The maximum absolute atomic E-state index is 12.6. The number of amides is 4. The highest BCUT2D eigenvalue weighted by atomic mass is 16.4. The molecule has 0 spiro atoms. The summed E-state index contributed by atoms with van der Waals surface area (Å²) in [4.78, 5) is 60.3. The summed E-state index contributed by atoms with van der Waals surface area (Å²) in [7, 11) is 0. The standard InChI is InChI=1S/C18H28N4O6/c1-9(2)7-13(22-18(27)28)16(25)21-12(8-10-5-6-19-15(10)24)14(23)17(26)20-11-3-4-11/h9-13,22H,3-8H2,1-2H3,(H,19,24)(H,20,26)(H,21,25)(H,27,28). The smallest absolute Gasteiger partial charge is 0.405 e. The Morgan fingerprint density at radius 3 is 2.29 bits per heavy atom. The molecule has 1 heterocycles. The van der Waals surface area contributed by atoms with Crippen molar-refractivity contribution in [1.82, 2.24) is 21.3 Å². The number of carbonyl (C=O) groups is 5. The largest absolute Gasteiger partial charge is 0.465 e. The molecule has 2 rings (SSSR count). The molecule has 1 saturated heterocycles. The summed E-state index contributed by atoms with van der Waals surface area (Å²) in [6.07, 6.45) is 0.990. The summed E-state index contributed by atoms with van der Waals surface area (Å²) >= 11 is 0. The molecule has 0 radical (unpaired) electrons. The molecule has 10 heteroatoms. The van der Waals surface area contributed by atoms with Crippen LogP contribution >= 0.6 is 0 Å². The van der Waals surface area contributed by atoms with Gasteiger partial charge in [0.25, 0.3) is 5.91 Å². The van der Waals surface area contributed by atoms with Crippen LogP contribution in [0.5, 0.6) is 0 Å². The Kier molecular flexibility index (Phi) is 7.36. The predicted molar refractivity (Wildman–Crippen MR) is 98.2 cm³/mol. The first-order valence-electron chi connectivity index (χ1n) is 9.59. The molecule has 3 unspecified atom stereocenters. The van der Waals surface area contributed by atoms with E-state index in [1.807, 2.05) is 13.8 Å². The molecule has 10 nitrogen and oxygen atoms in total. The lowest BCUT2D eigenvalue weighted by Crippen LogP contribution is -2.54. The number of hydrogen-bond donors (Lipinski definition) is 5. The van der Waals surface area contributed by atoms with Crippen molar-refractivity contribution in [3.05, 3.63) is 0 Å². The summed E-state index contributed by atoms with van der Waals surface area (Å²) in [5.74, 6) is -2.99. The van der Waals surface area contributed by atoms with Crippen molar-refractivity contribution in [3.63, 3.8) is 0 Å². The first-order chi connectivity index (χ1) is 13.2. The highest BCUT2D eigenvalue weighted by Crippen LogP contribution is 2.20. The first-order valence-corrected chi connectivity index (χ1v) is 9.59. The van der Waals surface area contributed by atoms with Gasteiger partial charge in [-0.1, -0.05) is 13.8 Å². The average Bonchev–Trinajstić information content (AvgIpc) is 3.32. The van der Waals surface area contributed by atoms with Gasteiger partial charge in [0, 0.05) is 18.5 Å². The second kappa shape index (κ2) is 9.52. The zero-order valence-corrected chi connectivity index (χ0v) is 16.1. The molecule has 156 valence electrons. The second-order valence-corrected chi connectivity index (χ2v) is 7.82. The van der Waals surface area contributed by atoms with Gasteiger partial charge in [0.15, 0.2) is 0 Å². The lowest BCUT2D eigenvalue weighted by Gasteiger charge is -2.24. The first kappa shape index (κ1) is 21.6. The van der Waals surface area contributed by atoms with Crippen LogP contribution in [0.4, 0.5) is 4.79 Å². The van der Waals surface area contributed by atoms with Gasteiger partial charge in [-0.15, -0.1) is 0 Å². The average molecular weight is 396 g/mol. The molecular formula is C18H28N4O6. The van der Waals surface area contributed by atoms with E-state index in [1.54, 1.807) is 0 Å². The molecule has 2 aliphatic rings. The van der Waals surface area contributed by atoms with Crippen LogP contribution in [0.2, 0.25) is 0 Å². The topological polar surface area (TPSA) is 154 Å². The van der Waals surface area contributed by atoms with E-state index in [0.717, 1.165) is 12.8 Å². The van der Waals surface area contributed by atoms with Crippen molar-refractivity contribution in [2.24, 2.45) is 11.8 Å². The van der Waals surface area contributed by atoms with Crippen molar-refractivity contribution < 1.29 is 29.1 Å². The molecule has 1 saturated carbocycles. The number of nitrogens with one attached hydrogen (secondary N) is 4. The van der Waals surface area contributed by atoms with E-state index in [1.165, 1.54) is 0 Å². The van der Waals surface area contributed by atoms with E-state index in [0.29, 0.717) is 13.0 Å². The third kappa shape index (κ3) is 6.50. The minimum Gasteiger partial charge on any atom is -0.465 e. The molecule has 5 N–H and O–H groups in total. The van der Waals surface area contributed by atoms with Gasteiger partial charge in [0.05, 0.1) is 6.04 Å². The van der Waals surface area contributed by atoms with Gasteiger partial charge < -0.3 is 26.4 Å². The van der Waals surface area contributed by atoms with Gasteiger partial charge in [-0.05, 0) is 38.0 Å². The Morgan fingerprint density at radius 2 is 1.79 bits per heavy atom. The number of Topliss-reactive ketones (excluding diaryl/α,β-unsaturated/α-hetero) is 1. The Balaban J connectivity index is 2.10. The molecule has 0 bridgehead atoms. The number of rotatable bonds is 10. The molecular weight excluding hydrogens is 368 g/mol. The van der Waals surface area contributed by atoms with E-state index in [9.17, 15) is 24.0 Å². The Hall–Kier alpha value is -2.65. The van der Waals surface area contributed by atoms with Gasteiger partial charge in [0.1, 0.15) is 6.04 Å². The quantitative estimate of drug-likeness (QED) is 0.315. The molecule has 28 heavy (non-hydrogen) atoms. The van der Waals surface area contributed by atoms with Crippen LogP contribution in [0.25, 0.3) is 0 Å². The highest BCUT2D eigenvalue weighted by Gasteiger charge is 2.37. The zero-order valence-electron chi connectivity index (χ0n) is 16.1. The summed E-state index contributed by atoms with van der Waals surface area (Å²) in [6, 6.07) is -2.27. The van der Waals surface area contributed by atoms with Crippen molar-refractivity contribution in [2.45, 2.75) is 64.1 Å². The van der Waals surface area contributed by atoms with Crippen LogP contribution in [0.15, 0.2) is 0 Å². The molecule has 2 fully saturated rings. The monoisotopic (exact) mass is 396 g/mol. The number of carbonyl (C=O) groups excluding carboxylic acids is 4. The fraction of sp³-hybridized carbons (Fsp3) is 0.722. The molecule has 0 aromatic heterocycles. The van der Waals surface area contributed by atoms with Crippen LogP contribution in [-0.4, -0.2) is 59.4 Å². The van der Waals surface area contributed by atoms with E-state index in [4.69, 9.17) is 5.11 Å². The number of carboxylic acid groups (broad SMARTS) is 1. The van der Waals surface area contributed by atoms with Crippen LogP contribution in [-0.2, 0) is 19.2 Å². The minimum absolute atomic E-state index is 0.00400. The fourth-order valence-corrected chi connectivity index (χ4v) is 3.15. The molecule has 1 aliphatic heterocycles. The van der Waals surface area contributed by atoms with Crippen LogP contribution < -0.4 is 21.3 Å². The maximum Gasteiger partial charge on any atom is 0.405 e. The molecule has 1 aliphatic carbocycles. The molecule has 0 aromatic rings. The van der Waals surface area contributed by atoms with Gasteiger partial charge in [-0.3, -0.25) is 19.2 Å². The summed E-state index contributed by atoms with van der Waals surface area (Å²) in [5.41, 5.74) is 0. The van der Waals surface area contributed by atoms with Gasteiger partial charge in [-0.25, -0.2) is 4.79 Å². The third-order valence-corrected chi connectivity index (χ3v) is 4.77. The molecule has 4 amide bonds. The van der Waals surface area contributed by atoms with Crippen molar-refractivity contribution in [2.75, 3.05) is 6.54 Å². The van der Waals surface area contributed by atoms with Crippen molar-refractivity contribution in [3.8, 4) is 0 Å². The van der Waals surface area contributed by atoms with E-state index in [2.05, 4.69) is 21.3 Å². The van der Waals surface area contributed by atoms with E-state index >= 15 is 0 Å². The predicted octanol–water partition coefficient (Wildman–Crippen LogP) is -0.473. The van der Waals surface area contributed by atoms with Crippen molar-refractivity contribution in [1.29, 1.82) is 0 Å². The lowest BCUT2D eigenvalue weighted by molar-refractivity contribution is -0.141. The molecule has 3 atom stereocenters. The fourth-order valence-electron chi connectivity index (χ4n) is 3.15. The Labute approximate surface area is 163 Å². The normalized spacial score (nSPS) is 20.8. The summed E-state index contributed by atoms with van der Waals surface area (Å²) in [6.45, 7) is 4.14. The lowest BCUT2D eigenvalue weighted by atomic mass is 9.94. The van der Waals surface area contributed by atoms with E-state index < -0.39 is 41.7 Å². The highest BCUT2D eigenvalue weighted by molar-refractivity contribution is 6.38. The number of hydrogen-bond acceptors (Lipinski definition) is 5. The second-order valence-electron chi connectivity index (χ2n) is 7.82. The van der Waals surface area contributed by atoms with Crippen LogP contribution in [0.3, 0.4) is 0 Å². The van der Waals surface area contributed by atoms with Gasteiger partial charge >= 0.3 is 6.09 Å². The minimum atomic E-state index is -1.36. The van der Waals surface area contributed by atoms with Gasteiger partial charge in [-0.2, -0.15) is 0 Å². The Bertz CT molecular complexity index is 646.